The molecule has 1 saturated heterocycles. The molecule has 1 heterocycles. The molecule has 0 bridgehead atoms. The summed E-state index contributed by atoms with van der Waals surface area (Å²) >= 11 is 0. The summed E-state index contributed by atoms with van der Waals surface area (Å²) in [5, 5.41) is 9.13. The van der Waals surface area contributed by atoms with Crippen LogP contribution in [0.2, 0.25) is 0 Å². The van der Waals surface area contributed by atoms with E-state index in [-0.39, 0.29) is 0 Å². The molecule has 5 nitrogen and oxygen atoms in total. The van der Waals surface area contributed by atoms with Crippen molar-refractivity contribution in [3.63, 3.8) is 0 Å². The summed E-state index contributed by atoms with van der Waals surface area (Å²) in [6.07, 6.45) is 0.888. The first-order valence-electron chi connectivity index (χ1n) is 6.38. The van der Waals surface area contributed by atoms with Crippen LogP contribution in [0.25, 0.3) is 0 Å². The fourth-order valence-electron chi connectivity index (χ4n) is 2.41. The summed E-state index contributed by atoms with van der Waals surface area (Å²) < 4.78 is 5.36. The van der Waals surface area contributed by atoms with Gasteiger partial charge in [-0.1, -0.05) is 6.07 Å². The van der Waals surface area contributed by atoms with Crippen molar-refractivity contribution in [1.29, 1.82) is 0 Å². The van der Waals surface area contributed by atoms with Gasteiger partial charge >= 0.3 is 5.97 Å². The van der Waals surface area contributed by atoms with Crippen molar-refractivity contribution in [3.05, 3.63) is 23.8 Å². The van der Waals surface area contributed by atoms with E-state index >= 15 is 0 Å². The van der Waals surface area contributed by atoms with Gasteiger partial charge in [-0.25, -0.2) is 0 Å². The number of aryl methyl sites for hydroxylation is 1. The maximum absolute atomic E-state index is 11.1. The SMILES string of the molecule is COc1ccc(C)cc1N1CCC(N)(C(=O)O)CC1. The van der Waals surface area contributed by atoms with E-state index in [0.717, 1.165) is 17.0 Å². The Kier molecular flexibility index (Phi) is 3.66. The number of methoxy groups -OCH3 is 1. The van der Waals surface area contributed by atoms with Crippen LogP contribution in [0.1, 0.15) is 18.4 Å². The zero-order valence-corrected chi connectivity index (χ0v) is 11.3. The summed E-state index contributed by atoms with van der Waals surface area (Å²) in [6, 6.07) is 5.99. The van der Waals surface area contributed by atoms with Crippen LogP contribution in [-0.4, -0.2) is 36.8 Å². The number of piperidine rings is 1. The van der Waals surface area contributed by atoms with E-state index in [1.54, 1.807) is 7.11 Å². The van der Waals surface area contributed by atoms with Gasteiger partial charge in [-0.2, -0.15) is 0 Å². The highest BCUT2D eigenvalue weighted by atomic mass is 16.5. The Hall–Kier alpha value is -1.75. The average Bonchev–Trinajstić information content (AvgIpc) is 2.39. The number of rotatable bonds is 3. The Morgan fingerprint density at radius 2 is 2.05 bits per heavy atom. The Morgan fingerprint density at radius 1 is 1.42 bits per heavy atom. The van der Waals surface area contributed by atoms with E-state index in [9.17, 15) is 4.79 Å². The van der Waals surface area contributed by atoms with E-state index in [4.69, 9.17) is 15.6 Å². The fourth-order valence-corrected chi connectivity index (χ4v) is 2.41. The molecule has 104 valence electrons. The van der Waals surface area contributed by atoms with Gasteiger partial charge in [0.05, 0.1) is 12.8 Å². The van der Waals surface area contributed by atoms with E-state index < -0.39 is 11.5 Å². The van der Waals surface area contributed by atoms with Gasteiger partial charge in [0.25, 0.3) is 0 Å². The third kappa shape index (κ3) is 2.66. The highest BCUT2D eigenvalue weighted by Crippen LogP contribution is 2.32. The maximum atomic E-state index is 11.1. The highest BCUT2D eigenvalue weighted by Gasteiger charge is 2.38. The lowest BCUT2D eigenvalue weighted by atomic mass is 9.88. The van der Waals surface area contributed by atoms with Crippen LogP contribution in [0.15, 0.2) is 18.2 Å². The number of hydrogen-bond donors (Lipinski definition) is 2. The fraction of sp³-hybridized carbons (Fsp3) is 0.500. The largest absolute Gasteiger partial charge is 0.495 e. The number of anilines is 1. The van der Waals surface area contributed by atoms with E-state index in [0.29, 0.717) is 25.9 Å². The van der Waals surface area contributed by atoms with Gasteiger partial charge in [-0.15, -0.1) is 0 Å². The third-order valence-electron chi connectivity index (χ3n) is 3.76. The van der Waals surface area contributed by atoms with E-state index in [1.165, 1.54) is 0 Å². The molecular formula is C14H20N2O3. The average molecular weight is 264 g/mol. The second kappa shape index (κ2) is 5.09. The van der Waals surface area contributed by atoms with Crippen LogP contribution in [0.3, 0.4) is 0 Å². The molecule has 5 heteroatoms. The quantitative estimate of drug-likeness (QED) is 0.862. The molecule has 19 heavy (non-hydrogen) atoms. The van der Waals surface area contributed by atoms with Gasteiger partial charge in [0, 0.05) is 13.1 Å². The summed E-state index contributed by atoms with van der Waals surface area (Å²) in [5.74, 6) is -0.103. The standard InChI is InChI=1S/C14H20N2O3/c1-10-3-4-12(19-2)11(9-10)16-7-5-14(15,6-8-16)13(17)18/h3-4,9H,5-8,15H2,1-2H3,(H,17,18). The topological polar surface area (TPSA) is 75.8 Å². The zero-order valence-electron chi connectivity index (χ0n) is 11.3. The molecule has 3 N–H and O–H groups in total. The van der Waals surface area contributed by atoms with Crippen molar-refractivity contribution in [3.8, 4) is 5.75 Å². The predicted octanol–water partition coefficient (Wildman–Crippen LogP) is 1.39. The molecule has 1 aromatic rings. The number of benzene rings is 1. The molecule has 0 amide bonds. The smallest absolute Gasteiger partial charge is 0.323 e. The molecule has 0 atom stereocenters. The molecule has 0 aliphatic carbocycles. The molecule has 0 unspecified atom stereocenters. The molecular weight excluding hydrogens is 244 g/mol. The Labute approximate surface area is 113 Å². The molecule has 0 saturated carbocycles. The second-order valence-corrected chi connectivity index (χ2v) is 5.12. The number of nitrogens with zero attached hydrogens (tertiary/aromatic N) is 1. The number of carbonyl (C=O) groups is 1. The number of hydrogen-bond acceptors (Lipinski definition) is 4. The van der Waals surface area contributed by atoms with Gasteiger partial charge in [-0.05, 0) is 37.5 Å². The van der Waals surface area contributed by atoms with Gasteiger partial charge in [0.15, 0.2) is 0 Å². The molecule has 1 fully saturated rings. The van der Waals surface area contributed by atoms with Crippen molar-refractivity contribution in [2.75, 3.05) is 25.1 Å². The van der Waals surface area contributed by atoms with E-state index in [1.807, 2.05) is 19.1 Å². The lowest BCUT2D eigenvalue weighted by Gasteiger charge is -2.38. The minimum Gasteiger partial charge on any atom is -0.495 e. The van der Waals surface area contributed by atoms with Gasteiger partial charge in [0.1, 0.15) is 11.3 Å². The molecule has 0 radical (unpaired) electrons. The van der Waals surface area contributed by atoms with Crippen LogP contribution >= 0.6 is 0 Å². The minimum absolute atomic E-state index is 0.444. The summed E-state index contributed by atoms with van der Waals surface area (Å²) in [5.41, 5.74) is 6.96. The van der Waals surface area contributed by atoms with Crippen molar-refractivity contribution in [1.82, 2.24) is 0 Å². The number of nitrogens with two attached hydrogens (primary N) is 1. The summed E-state index contributed by atoms with van der Waals surface area (Å²) in [6.45, 7) is 3.28. The first kappa shape index (κ1) is 13.7. The number of carboxylic acids is 1. The predicted molar refractivity (Wildman–Crippen MR) is 73.7 cm³/mol. The normalized spacial score (nSPS) is 18.2. The number of aliphatic carboxylic acids is 1. The molecule has 1 aromatic carbocycles. The van der Waals surface area contributed by atoms with Gasteiger partial charge < -0.3 is 20.5 Å². The highest BCUT2D eigenvalue weighted by molar-refractivity contribution is 5.79. The summed E-state index contributed by atoms with van der Waals surface area (Å²) in [7, 11) is 1.64. The van der Waals surface area contributed by atoms with Crippen LogP contribution in [0.4, 0.5) is 5.69 Å². The maximum Gasteiger partial charge on any atom is 0.323 e. The molecule has 0 spiro atoms. The Balaban J connectivity index is 2.18. The van der Waals surface area contributed by atoms with Crippen molar-refractivity contribution in [2.24, 2.45) is 5.73 Å². The summed E-state index contributed by atoms with van der Waals surface area (Å²) in [4.78, 5) is 13.3. The first-order valence-corrected chi connectivity index (χ1v) is 6.38. The van der Waals surface area contributed by atoms with Crippen molar-refractivity contribution in [2.45, 2.75) is 25.3 Å². The number of ether oxygens (including phenoxy) is 1. The first-order chi connectivity index (χ1) is 8.96. The number of carboxylic acid groups (broad SMARTS) is 1. The van der Waals surface area contributed by atoms with Crippen LogP contribution in [0.5, 0.6) is 5.75 Å². The van der Waals surface area contributed by atoms with Crippen LogP contribution in [-0.2, 0) is 4.79 Å². The third-order valence-corrected chi connectivity index (χ3v) is 3.76. The molecule has 1 aliphatic rings. The Bertz CT molecular complexity index is 480. The van der Waals surface area contributed by atoms with Gasteiger partial charge in [0.2, 0.25) is 0 Å². The second-order valence-electron chi connectivity index (χ2n) is 5.12. The zero-order chi connectivity index (χ0) is 14.0. The molecule has 1 aliphatic heterocycles. The minimum atomic E-state index is -1.09. The molecule has 2 rings (SSSR count). The van der Waals surface area contributed by atoms with Crippen molar-refractivity contribution >= 4 is 11.7 Å². The lowest BCUT2D eigenvalue weighted by molar-refractivity contribution is -0.144. The van der Waals surface area contributed by atoms with Crippen LogP contribution in [0, 0.1) is 6.92 Å². The molecule has 0 aromatic heterocycles. The monoisotopic (exact) mass is 264 g/mol. The Morgan fingerprint density at radius 3 is 2.58 bits per heavy atom. The van der Waals surface area contributed by atoms with Crippen molar-refractivity contribution < 1.29 is 14.6 Å². The van der Waals surface area contributed by atoms with Crippen LogP contribution < -0.4 is 15.4 Å². The van der Waals surface area contributed by atoms with E-state index in [2.05, 4.69) is 11.0 Å². The van der Waals surface area contributed by atoms with Gasteiger partial charge in [-0.3, -0.25) is 4.79 Å². The lowest BCUT2D eigenvalue weighted by Crippen LogP contribution is -2.55.